The molecule has 0 bridgehead atoms. The van der Waals surface area contributed by atoms with E-state index in [2.05, 4.69) is 21.2 Å². The smallest absolute Gasteiger partial charge is 0.329 e. The molecule has 1 aromatic heterocycles. The van der Waals surface area contributed by atoms with E-state index in [1.54, 1.807) is 0 Å². The Hall–Kier alpha value is -2.12. The largest absolute Gasteiger partial charge is 0.480 e. The van der Waals surface area contributed by atoms with Crippen LogP contribution in [0.5, 0.6) is 0 Å². The molecule has 2 aromatic rings. The van der Waals surface area contributed by atoms with Crippen molar-refractivity contribution in [3.05, 3.63) is 51.8 Å². The van der Waals surface area contributed by atoms with Gasteiger partial charge in [0.2, 0.25) is 0 Å². The second-order valence-corrected chi connectivity index (χ2v) is 6.22. The third-order valence-corrected chi connectivity index (χ3v) is 3.99. The number of aromatic nitrogens is 1. The van der Waals surface area contributed by atoms with E-state index in [0.717, 1.165) is 21.5 Å². The molecule has 2 rings (SSSR count). The van der Waals surface area contributed by atoms with Crippen LogP contribution < -0.4 is 5.32 Å². The Balaban J connectivity index is 2.08. The quantitative estimate of drug-likeness (QED) is 0.707. The molecule has 0 radical (unpaired) electrons. The molecule has 0 aliphatic heterocycles. The lowest BCUT2D eigenvalue weighted by Crippen LogP contribution is -2.28. The lowest BCUT2D eigenvalue weighted by atomic mass is 10.2. The molecule has 0 spiro atoms. The lowest BCUT2D eigenvalue weighted by molar-refractivity contribution is -0.142. The fourth-order valence-corrected chi connectivity index (χ4v) is 2.88. The molecule has 0 unspecified atom stereocenters. The zero-order chi connectivity index (χ0) is 17.7. The molecule has 0 saturated carbocycles. The van der Waals surface area contributed by atoms with E-state index in [1.165, 1.54) is 0 Å². The second kappa shape index (κ2) is 8.12. The van der Waals surface area contributed by atoms with Gasteiger partial charge in [-0.1, -0.05) is 22.0 Å². The minimum atomic E-state index is -1.03. The molecule has 24 heavy (non-hydrogen) atoms. The summed E-state index contributed by atoms with van der Waals surface area (Å²) in [6, 6.07) is 9.69. The van der Waals surface area contributed by atoms with Crippen molar-refractivity contribution >= 4 is 27.8 Å². The summed E-state index contributed by atoms with van der Waals surface area (Å²) < 4.78 is 7.88. The second-order valence-electron chi connectivity index (χ2n) is 5.30. The fraction of sp³-hybridized carbons (Fsp3) is 0.294. The molecule has 0 aliphatic carbocycles. The lowest BCUT2D eigenvalue weighted by Gasteiger charge is -2.10. The number of carboxylic acids is 1. The zero-order valence-corrected chi connectivity index (χ0v) is 15.1. The van der Waals surface area contributed by atoms with Crippen molar-refractivity contribution in [3.63, 3.8) is 0 Å². The number of nitrogens with zero attached hydrogens (tertiary/aromatic N) is 1. The Morgan fingerprint density at radius 2 is 2.04 bits per heavy atom. The van der Waals surface area contributed by atoms with Gasteiger partial charge >= 0.3 is 5.97 Å². The summed E-state index contributed by atoms with van der Waals surface area (Å²) in [6.45, 7) is 3.88. The molecule has 1 amide bonds. The Labute approximate surface area is 148 Å². The van der Waals surface area contributed by atoms with E-state index in [0.29, 0.717) is 5.56 Å². The molecule has 0 aliphatic rings. The number of nitrogens with one attached hydrogen (secondary N) is 1. The van der Waals surface area contributed by atoms with Crippen molar-refractivity contribution in [2.24, 2.45) is 0 Å². The summed E-state index contributed by atoms with van der Waals surface area (Å²) in [5.41, 5.74) is 3.36. The number of carbonyl (C=O) groups excluding carboxylic acids is 1. The highest BCUT2D eigenvalue weighted by Crippen LogP contribution is 2.23. The zero-order valence-electron chi connectivity index (χ0n) is 13.5. The molecule has 2 N–H and O–H groups in total. The highest BCUT2D eigenvalue weighted by atomic mass is 79.9. The van der Waals surface area contributed by atoms with Crippen LogP contribution in [0, 0.1) is 13.8 Å². The predicted octanol–water partition coefficient (Wildman–Crippen LogP) is 2.69. The first kappa shape index (κ1) is 18.2. The molecule has 1 aromatic carbocycles. The van der Waals surface area contributed by atoms with Gasteiger partial charge in [-0.3, -0.25) is 4.79 Å². The molecular weight excluding hydrogens is 376 g/mol. The van der Waals surface area contributed by atoms with Crippen LogP contribution in [0.15, 0.2) is 34.8 Å². The predicted molar refractivity (Wildman–Crippen MR) is 93.7 cm³/mol. The van der Waals surface area contributed by atoms with Crippen molar-refractivity contribution in [1.82, 2.24) is 9.88 Å². The summed E-state index contributed by atoms with van der Waals surface area (Å²) in [5.74, 6) is -1.23. The van der Waals surface area contributed by atoms with Gasteiger partial charge in [0.1, 0.15) is 6.61 Å². The molecule has 1 heterocycles. The van der Waals surface area contributed by atoms with Gasteiger partial charge in [-0.15, -0.1) is 0 Å². The Bertz CT molecular complexity index is 755. The SMILES string of the molecule is Cc1cc(C(=O)NCCOCC(=O)O)c(C)n1-c1cccc(Br)c1. The molecule has 128 valence electrons. The average Bonchev–Trinajstić information content (AvgIpc) is 2.81. The summed E-state index contributed by atoms with van der Waals surface area (Å²) in [6.07, 6.45) is 0. The fourth-order valence-electron chi connectivity index (χ4n) is 2.50. The van der Waals surface area contributed by atoms with E-state index in [9.17, 15) is 9.59 Å². The number of hydrogen-bond acceptors (Lipinski definition) is 3. The van der Waals surface area contributed by atoms with E-state index >= 15 is 0 Å². The minimum absolute atomic E-state index is 0.155. The first-order valence-electron chi connectivity index (χ1n) is 7.42. The van der Waals surface area contributed by atoms with Crippen LogP contribution in [0.3, 0.4) is 0 Å². The molecule has 0 fully saturated rings. The third-order valence-electron chi connectivity index (χ3n) is 3.50. The maximum Gasteiger partial charge on any atom is 0.329 e. The van der Waals surface area contributed by atoms with Gasteiger partial charge < -0.3 is 19.7 Å². The number of carbonyl (C=O) groups is 2. The van der Waals surface area contributed by atoms with Crippen LogP contribution in [0.4, 0.5) is 0 Å². The van der Waals surface area contributed by atoms with Crippen molar-refractivity contribution in [3.8, 4) is 5.69 Å². The van der Waals surface area contributed by atoms with Crippen LogP contribution >= 0.6 is 15.9 Å². The number of aliphatic carboxylic acids is 1. The Kier molecular flexibility index (Phi) is 6.16. The van der Waals surface area contributed by atoms with Gasteiger partial charge in [0.15, 0.2) is 0 Å². The van der Waals surface area contributed by atoms with Crippen molar-refractivity contribution < 1.29 is 19.4 Å². The number of amides is 1. The van der Waals surface area contributed by atoms with Crippen molar-refractivity contribution in [2.45, 2.75) is 13.8 Å². The maximum atomic E-state index is 12.3. The number of halogens is 1. The summed E-state index contributed by atoms with van der Waals surface area (Å²) in [5, 5.41) is 11.2. The van der Waals surface area contributed by atoms with E-state index in [1.807, 2.05) is 48.7 Å². The van der Waals surface area contributed by atoms with Gasteiger partial charge in [0.25, 0.3) is 5.91 Å². The van der Waals surface area contributed by atoms with E-state index < -0.39 is 5.97 Å². The number of aryl methyl sites for hydroxylation is 1. The standard InChI is InChI=1S/C17H19BrN2O4/c1-11-8-15(17(23)19-6-7-24-10-16(21)22)12(2)20(11)14-5-3-4-13(18)9-14/h3-5,8-9H,6-7,10H2,1-2H3,(H,19,23)(H,21,22). The number of hydrogen-bond donors (Lipinski definition) is 2. The highest BCUT2D eigenvalue weighted by molar-refractivity contribution is 9.10. The third kappa shape index (κ3) is 4.46. The number of rotatable bonds is 7. The van der Waals surface area contributed by atoms with Crippen molar-refractivity contribution in [2.75, 3.05) is 19.8 Å². The molecular formula is C17H19BrN2O4. The number of benzene rings is 1. The van der Waals surface area contributed by atoms with Gasteiger partial charge in [0, 0.05) is 28.1 Å². The first-order valence-corrected chi connectivity index (χ1v) is 8.22. The molecule has 0 atom stereocenters. The topological polar surface area (TPSA) is 80.6 Å². The first-order chi connectivity index (χ1) is 11.4. The van der Waals surface area contributed by atoms with Gasteiger partial charge in [0.05, 0.1) is 12.2 Å². The van der Waals surface area contributed by atoms with Crippen molar-refractivity contribution in [1.29, 1.82) is 0 Å². The Morgan fingerprint density at radius 3 is 2.71 bits per heavy atom. The summed E-state index contributed by atoms with van der Waals surface area (Å²) >= 11 is 3.46. The molecule has 7 heteroatoms. The van der Waals surface area contributed by atoms with Crippen LogP contribution in [0.2, 0.25) is 0 Å². The monoisotopic (exact) mass is 394 g/mol. The molecule has 0 saturated heterocycles. The van der Waals surface area contributed by atoms with Crippen LogP contribution in [-0.2, 0) is 9.53 Å². The number of carboxylic acid groups (broad SMARTS) is 1. The van der Waals surface area contributed by atoms with Crippen LogP contribution in [0.25, 0.3) is 5.69 Å². The van der Waals surface area contributed by atoms with E-state index in [-0.39, 0.29) is 25.7 Å². The normalized spacial score (nSPS) is 10.6. The van der Waals surface area contributed by atoms with Crippen LogP contribution in [0.1, 0.15) is 21.7 Å². The number of ether oxygens (including phenoxy) is 1. The maximum absolute atomic E-state index is 12.3. The Morgan fingerprint density at radius 1 is 1.29 bits per heavy atom. The van der Waals surface area contributed by atoms with Gasteiger partial charge in [-0.25, -0.2) is 4.79 Å². The highest BCUT2D eigenvalue weighted by Gasteiger charge is 2.16. The van der Waals surface area contributed by atoms with Crippen LogP contribution in [-0.4, -0.2) is 41.3 Å². The minimum Gasteiger partial charge on any atom is -0.480 e. The molecule has 6 nitrogen and oxygen atoms in total. The van der Waals surface area contributed by atoms with Gasteiger partial charge in [-0.2, -0.15) is 0 Å². The van der Waals surface area contributed by atoms with E-state index in [4.69, 9.17) is 9.84 Å². The summed E-state index contributed by atoms with van der Waals surface area (Å²) in [7, 11) is 0. The average molecular weight is 395 g/mol. The summed E-state index contributed by atoms with van der Waals surface area (Å²) in [4.78, 5) is 22.7. The van der Waals surface area contributed by atoms with Gasteiger partial charge in [-0.05, 0) is 38.1 Å².